The van der Waals surface area contributed by atoms with Crippen LogP contribution in [0.25, 0.3) is 0 Å². The van der Waals surface area contributed by atoms with E-state index in [2.05, 4.69) is 25.3 Å². The highest BCUT2D eigenvalue weighted by Crippen LogP contribution is 2.33. The molecule has 0 aromatic heterocycles. The zero-order valence-corrected chi connectivity index (χ0v) is 5.64. The van der Waals surface area contributed by atoms with Crippen LogP contribution in [-0.4, -0.2) is 0 Å². The van der Waals surface area contributed by atoms with Gasteiger partial charge in [-0.05, 0) is 12.8 Å². The van der Waals surface area contributed by atoms with Crippen LogP contribution in [-0.2, 0) is 0 Å². The predicted molar refractivity (Wildman–Crippen MR) is 41.2 cm³/mol. The van der Waals surface area contributed by atoms with E-state index in [0.717, 1.165) is 12.8 Å². The molecule has 0 aromatic rings. The first-order valence-corrected chi connectivity index (χ1v) is 3.28. The van der Waals surface area contributed by atoms with Crippen molar-refractivity contribution in [3.63, 3.8) is 0 Å². The summed E-state index contributed by atoms with van der Waals surface area (Å²) < 4.78 is 0. The molecule has 0 heteroatoms. The van der Waals surface area contributed by atoms with Crippen molar-refractivity contribution in [2.75, 3.05) is 0 Å². The smallest absolute Gasteiger partial charge is 0.0239 e. The third-order valence-electron chi connectivity index (χ3n) is 1.93. The second-order valence-corrected chi connectivity index (χ2v) is 2.46. The Kier molecular flexibility index (Phi) is 1.56. The average Bonchev–Trinajstić information content (AvgIpc) is 2.36. The van der Waals surface area contributed by atoms with Crippen LogP contribution in [0, 0.1) is 5.41 Å². The van der Waals surface area contributed by atoms with Crippen molar-refractivity contribution in [1.82, 2.24) is 0 Å². The number of rotatable bonds is 2. The van der Waals surface area contributed by atoms with Crippen LogP contribution < -0.4 is 0 Å². The first-order chi connectivity index (χ1) is 4.33. The van der Waals surface area contributed by atoms with Crippen LogP contribution in [0.1, 0.15) is 12.8 Å². The molecule has 0 atom stereocenters. The Hall–Kier alpha value is -0.780. The van der Waals surface area contributed by atoms with Gasteiger partial charge in [0.05, 0.1) is 0 Å². The van der Waals surface area contributed by atoms with E-state index < -0.39 is 0 Å². The SMILES string of the molecule is C=CC1(C=C)C=CCC1. The molecule has 0 N–H and O–H groups in total. The lowest BCUT2D eigenvalue weighted by Gasteiger charge is -2.15. The second kappa shape index (κ2) is 2.22. The van der Waals surface area contributed by atoms with E-state index in [1.54, 1.807) is 0 Å². The molecule has 1 aliphatic carbocycles. The van der Waals surface area contributed by atoms with Crippen LogP contribution in [0.4, 0.5) is 0 Å². The topological polar surface area (TPSA) is 0 Å². The van der Waals surface area contributed by atoms with Gasteiger partial charge < -0.3 is 0 Å². The fraction of sp³-hybridized carbons (Fsp3) is 0.333. The summed E-state index contributed by atoms with van der Waals surface area (Å²) in [4.78, 5) is 0. The molecule has 0 unspecified atom stereocenters. The highest BCUT2D eigenvalue weighted by atomic mass is 14.2. The summed E-state index contributed by atoms with van der Waals surface area (Å²) in [5.74, 6) is 0. The molecule has 0 spiro atoms. The van der Waals surface area contributed by atoms with Crippen molar-refractivity contribution in [3.05, 3.63) is 37.5 Å². The number of hydrogen-bond donors (Lipinski definition) is 0. The first kappa shape index (κ1) is 6.34. The van der Waals surface area contributed by atoms with Crippen LogP contribution in [0.5, 0.6) is 0 Å². The monoisotopic (exact) mass is 120 g/mol. The molecule has 1 aliphatic rings. The normalized spacial score (nSPS) is 21.8. The van der Waals surface area contributed by atoms with Gasteiger partial charge in [-0.1, -0.05) is 24.3 Å². The van der Waals surface area contributed by atoms with E-state index in [0.29, 0.717) is 0 Å². The molecular formula is C9H12. The van der Waals surface area contributed by atoms with E-state index in [1.165, 1.54) is 0 Å². The molecule has 0 amide bonds. The first-order valence-electron chi connectivity index (χ1n) is 3.28. The standard InChI is InChI=1S/C9H12/c1-3-9(4-2)7-5-6-8-9/h3-5,7H,1-2,6,8H2. The van der Waals surface area contributed by atoms with Gasteiger partial charge in [-0.25, -0.2) is 0 Å². The lowest BCUT2D eigenvalue weighted by Crippen LogP contribution is -2.05. The van der Waals surface area contributed by atoms with Gasteiger partial charge in [0.1, 0.15) is 0 Å². The zero-order valence-electron chi connectivity index (χ0n) is 5.64. The Morgan fingerprint density at radius 2 is 2.00 bits per heavy atom. The summed E-state index contributed by atoms with van der Waals surface area (Å²) in [5.41, 5.74) is 0.125. The van der Waals surface area contributed by atoms with Gasteiger partial charge >= 0.3 is 0 Å². The Balaban J connectivity index is 2.79. The maximum atomic E-state index is 3.76. The van der Waals surface area contributed by atoms with Crippen LogP contribution >= 0.6 is 0 Å². The van der Waals surface area contributed by atoms with Crippen molar-refractivity contribution >= 4 is 0 Å². The predicted octanol–water partition coefficient (Wildman–Crippen LogP) is 2.69. The third-order valence-corrected chi connectivity index (χ3v) is 1.93. The van der Waals surface area contributed by atoms with Crippen molar-refractivity contribution in [2.45, 2.75) is 12.8 Å². The Bertz CT molecular complexity index is 143. The van der Waals surface area contributed by atoms with Crippen molar-refractivity contribution in [3.8, 4) is 0 Å². The van der Waals surface area contributed by atoms with Crippen molar-refractivity contribution < 1.29 is 0 Å². The molecular weight excluding hydrogens is 108 g/mol. The minimum atomic E-state index is 0.125. The molecule has 0 radical (unpaired) electrons. The minimum Gasteiger partial charge on any atom is -0.102 e. The molecule has 0 bridgehead atoms. The van der Waals surface area contributed by atoms with Gasteiger partial charge in [-0.3, -0.25) is 0 Å². The fourth-order valence-electron chi connectivity index (χ4n) is 1.14. The number of allylic oxidation sites excluding steroid dienone is 4. The number of hydrogen-bond acceptors (Lipinski definition) is 0. The summed E-state index contributed by atoms with van der Waals surface area (Å²) in [7, 11) is 0. The molecule has 9 heavy (non-hydrogen) atoms. The van der Waals surface area contributed by atoms with Gasteiger partial charge in [0.25, 0.3) is 0 Å². The van der Waals surface area contributed by atoms with E-state index in [9.17, 15) is 0 Å². The van der Waals surface area contributed by atoms with Crippen molar-refractivity contribution in [1.29, 1.82) is 0 Å². The highest BCUT2D eigenvalue weighted by molar-refractivity contribution is 5.22. The highest BCUT2D eigenvalue weighted by Gasteiger charge is 2.21. The molecule has 0 heterocycles. The molecule has 0 saturated carbocycles. The Morgan fingerprint density at radius 3 is 2.22 bits per heavy atom. The summed E-state index contributed by atoms with van der Waals surface area (Å²) in [5, 5.41) is 0. The molecule has 0 nitrogen and oxygen atoms in total. The van der Waals surface area contributed by atoms with E-state index in [1.807, 2.05) is 12.2 Å². The largest absolute Gasteiger partial charge is 0.102 e. The van der Waals surface area contributed by atoms with Crippen LogP contribution in [0.2, 0.25) is 0 Å². The molecule has 0 saturated heterocycles. The third kappa shape index (κ3) is 0.973. The Labute approximate surface area is 56.6 Å². The lowest BCUT2D eigenvalue weighted by molar-refractivity contribution is 0.613. The van der Waals surface area contributed by atoms with Gasteiger partial charge in [-0.15, -0.1) is 13.2 Å². The van der Waals surface area contributed by atoms with E-state index in [4.69, 9.17) is 0 Å². The fourth-order valence-corrected chi connectivity index (χ4v) is 1.14. The maximum Gasteiger partial charge on any atom is 0.0239 e. The average molecular weight is 120 g/mol. The van der Waals surface area contributed by atoms with E-state index in [-0.39, 0.29) is 5.41 Å². The molecule has 0 aromatic carbocycles. The van der Waals surface area contributed by atoms with E-state index >= 15 is 0 Å². The summed E-state index contributed by atoms with van der Waals surface area (Å²) in [6.45, 7) is 7.53. The summed E-state index contributed by atoms with van der Waals surface area (Å²) in [6.07, 6.45) is 10.6. The minimum absolute atomic E-state index is 0.125. The molecule has 48 valence electrons. The molecule has 0 fully saturated rings. The van der Waals surface area contributed by atoms with Gasteiger partial charge in [-0.2, -0.15) is 0 Å². The second-order valence-electron chi connectivity index (χ2n) is 2.46. The van der Waals surface area contributed by atoms with Gasteiger partial charge in [0.15, 0.2) is 0 Å². The lowest BCUT2D eigenvalue weighted by atomic mass is 9.88. The molecule has 0 aliphatic heterocycles. The maximum absolute atomic E-state index is 3.76. The van der Waals surface area contributed by atoms with Crippen molar-refractivity contribution in [2.24, 2.45) is 5.41 Å². The van der Waals surface area contributed by atoms with Crippen LogP contribution in [0.3, 0.4) is 0 Å². The summed E-state index contributed by atoms with van der Waals surface area (Å²) in [6, 6.07) is 0. The Morgan fingerprint density at radius 1 is 1.33 bits per heavy atom. The van der Waals surface area contributed by atoms with Crippen LogP contribution in [0.15, 0.2) is 37.5 Å². The quantitative estimate of drug-likeness (QED) is 0.491. The molecule has 1 rings (SSSR count). The zero-order chi connectivity index (χ0) is 6.74. The van der Waals surface area contributed by atoms with Gasteiger partial charge in [0, 0.05) is 5.41 Å². The summed E-state index contributed by atoms with van der Waals surface area (Å²) >= 11 is 0. The van der Waals surface area contributed by atoms with Gasteiger partial charge in [0.2, 0.25) is 0 Å².